The van der Waals surface area contributed by atoms with E-state index in [4.69, 9.17) is 0 Å². The smallest absolute Gasteiger partial charge is 0.339 e. The lowest BCUT2D eigenvalue weighted by Crippen LogP contribution is -2.47. The van der Waals surface area contributed by atoms with E-state index in [1.807, 2.05) is 0 Å². The van der Waals surface area contributed by atoms with E-state index in [9.17, 15) is 38.3 Å². The standard InChI is InChI=1S/C23H16N4O8S/c28-20-11-10-17(13-18(20)23(30)31)36(34,35)25-26-21(15-4-2-1-3-5-15)24-19(22(26)29)12-14-6-8-16(9-7-14)27(32)33/h1-13,25,28H,(H,30,31)/b19-12-. The van der Waals surface area contributed by atoms with Crippen LogP contribution in [0.2, 0.25) is 0 Å². The Kier molecular flexibility index (Phi) is 6.33. The molecule has 1 amide bonds. The second-order valence-corrected chi connectivity index (χ2v) is 9.06. The molecule has 13 heteroatoms. The number of carbonyl (C=O) groups is 2. The van der Waals surface area contributed by atoms with Gasteiger partial charge in [-0.05, 0) is 42.0 Å². The van der Waals surface area contributed by atoms with Crippen LogP contribution < -0.4 is 4.83 Å². The van der Waals surface area contributed by atoms with Gasteiger partial charge in [-0.25, -0.2) is 23.2 Å². The van der Waals surface area contributed by atoms with Crippen LogP contribution in [0.5, 0.6) is 5.75 Å². The van der Waals surface area contributed by atoms with Crippen LogP contribution in [0.4, 0.5) is 5.69 Å². The number of aromatic hydroxyl groups is 1. The summed E-state index contributed by atoms with van der Waals surface area (Å²) in [6, 6.07) is 16.2. The maximum Gasteiger partial charge on any atom is 0.339 e. The summed E-state index contributed by atoms with van der Waals surface area (Å²) in [5.41, 5.74) is -0.122. The number of sulfonamides is 1. The minimum absolute atomic E-state index is 0.0467. The lowest BCUT2D eigenvalue weighted by atomic mass is 10.2. The Morgan fingerprint density at radius 3 is 2.33 bits per heavy atom. The average Bonchev–Trinajstić information content (AvgIpc) is 3.14. The highest BCUT2D eigenvalue weighted by Gasteiger charge is 2.35. The summed E-state index contributed by atoms with van der Waals surface area (Å²) in [4.78, 5) is 40.7. The highest BCUT2D eigenvalue weighted by Crippen LogP contribution is 2.25. The summed E-state index contributed by atoms with van der Waals surface area (Å²) < 4.78 is 26.1. The second-order valence-electron chi connectivity index (χ2n) is 7.40. The number of amidine groups is 1. The number of nitro benzene ring substituents is 1. The predicted octanol–water partition coefficient (Wildman–Crippen LogP) is 2.52. The number of amides is 1. The fraction of sp³-hybridized carbons (Fsp3) is 0. The van der Waals surface area contributed by atoms with Crippen LogP contribution in [-0.2, 0) is 14.8 Å². The van der Waals surface area contributed by atoms with Crippen molar-refractivity contribution in [2.75, 3.05) is 0 Å². The number of hydrogen-bond acceptors (Lipinski definition) is 8. The molecular weight excluding hydrogens is 492 g/mol. The summed E-state index contributed by atoms with van der Waals surface area (Å²) >= 11 is 0. The molecule has 1 aliphatic rings. The number of aliphatic imine (C=N–C) groups is 1. The van der Waals surface area contributed by atoms with Gasteiger partial charge in [0.05, 0.1) is 9.82 Å². The van der Waals surface area contributed by atoms with Crippen molar-refractivity contribution in [2.45, 2.75) is 4.90 Å². The van der Waals surface area contributed by atoms with Gasteiger partial charge < -0.3 is 10.2 Å². The van der Waals surface area contributed by atoms with Crippen molar-refractivity contribution in [1.29, 1.82) is 0 Å². The number of rotatable bonds is 7. The molecule has 182 valence electrons. The van der Waals surface area contributed by atoms with Crippen molar-refractivity contribution in [3.05, 3.63) is 105 Å². The number of nitrogens with one attached hydrogen (secondary N) is 1. The van der Waals surface area contributed by atoms with Gasteiger partial charge in [-0.1, -0.05) is 30.3 Å². The average molecular weight is 508 g/mol. The van der Waals surface area contributed by atoms with Crippen molar-refractivity contribution in [3.8, 4) is 5.75 Å². The molecule has 3 N–H and O–H groups in total. The molecule has 1 aliphatic heterocycles. The van der Waals surface area contributed by atoms with Crippen LogP contribution in [0.25, 0.3) is 6.08 Å². The monoisotopic (exact) mass is 508 g/mol. The molecule has 0 saturated carbocycles. The summed E-state index contributed by atoms with van der Waals surface area (Å²) in [7, 11) is -4.50. The predicted molar refractivity (Wildman–Crippen MR) is 126 cm³/mol. The van der Waals surface area contributed by atoms with Gasteiger partial charge in [-0.2, -0.15) is 0 Å². The third-order valence-electron chi connectivity index (χ3n) is 5.02. The molecular formula is C23H16N4O8S. The first-order chi connectivity index (χ1) is 17.1. The zero-order chi connectivity index (χ0) is 26.0. The number of carbonyl (C=O) groups excluding carboxylic acids is 1. The van der Waals surface area contributed by atoms with Gasteiger partial charge in [0.1, 0.15) is 17.0 Å². The molecule has 0 aromatic heterocycles. The van der Waals surface area contributed by atoms with Gasteiger partial charge in [0, 0.05) is 17.7 Å². The third kappa shape index (κ3) is 4.82. The van der Waals surface area contributed by atoms with Gasteiger partial charge >= 0.3 is 5.97 Å². The van der Waals surface area contributed by atoms with Crippen molar-refractivity contribution >= 4 is 39.5 Å². The third-order valence-corrected chi connectivity index (χ3v) is 6.32. The molecule has 0 unspecified atom stereocenters. The quantitative estimate of drug-likeness (QED) is 0.247. The number of carboxylic acid groups (broad SMARTS) is 1. The number of hydrazine groups is 1. The summed E-state index contributed by atoms with van der Waals surface area (Å²) in [6.45, 7) is 0. The lowest BCUT2D eigenvalue weighted by molar-refractivity contribution is -0.384. The Morgan fingerprint density at radius 1 is 1.06 bits per heavy atom. The molecule has 12 nitrogen and oxygen atoms in total. The number of benzene rings is 3. The Bertz CT molecular complexity index is 1550. The molecule has 0 aliphatic carbocycles. The second kappa shape index (κ2) is 9.40. The minimum Gasteiger partial charge on any atom is -0.507 e. The first-order valence-corrected chi connectivity index (χ1v) is 11.6. The first kappa shape index (κ1) is 24.3. The minimum atomic E-state index is -4.50. The van der Waals surface area contributed by atoms with Gasteiger partial charge in [-0.15, -0.1) is 4.83 Å². The van der Waals surface area contributed by atoms with Gasteiger partial charge in [0.2, 0.25) is 0 Å². The zero-order valence-corrected chi connectivity index (χ0v) is 18.9. The van der Waals surface area contributed by atoms with Crippen molar-refractivity contribution in [1.82, 2.24) is 9.84 Å². The first-order valence-electron chi connectivity index (χ1n) is 10.1. The molecule has 0 spiro atoms. The van der Waals surface area contributed by atoms with Crippen molar-refractivity contribution < 1.29 is 33.1 Å². The van der Waals surface area contributed by atoms with Gasteiger partial charge in [-0.3, -0.25) is 14.9 Å². The number of hydrogen-bond donors (Lipinski definition) is 3. The number of phenols is 1. The van der Waals surface area contributed by atoms with Crippen LogP contribution in [-0.4, -0.2) is 46.3 Å². The lowest BCUT2D eigenvalue weighted by Gasteiger charge is -2.19. The Labute approximate surface area is 203 Å². The van der Waals surface area contributed by atoms with Gasteiger partial charge in [0.25, 0.3) is 21.6 Å². The van der Waals surface area contributed by atoms with Gasteiger partial charge in [0.15, 0.2) is 5.84 Å². The molecule has 0 radical (unpaired) electrons. The van der Waals surface area contributed by atoms with E-state index in [1.165, 1.54) is 30.3 Å². The Hall–Kier alpha value is -4.88. The Balaban J connectivity index is 1.73. The topological polar surface area (TPSA) is 180 Å². The molecule has 0 saturated heterocycles. The summed E-state index contributed by atoms with van der Waals surface area (Å²) in [5, 5.41) is 30.5. The molecule has 1 heterocycles. The fourth-order valence-electron chi connectivity index (χ4n) is 3.26. The number of nitro groups is 1. The molecule has 3 aromatic carbocycles. The molecule has 36 heavy (non-hydrogen) atoms. The number of nitrogens with zero attached hydrogens (tertiary/aromatic N) is 3. The van der Waals surface area contributed by atoms with Crippen molar-refractivity contribution in [3.63, 3.8) is 0 Å². The number of non-ortho nitro benzene ring substituents is 1. The highest BCUT2D eigenvalue weighted by atomic mass is 32.2. The number of aromatic carboxylic acids is 1. The highest BCUT2D eigenvalue weighted by molar-refractivity contribution is 7.89. The van der Waals surface area contributed by atoms with E-state index in [-0.39, 0.29) is 17.2 Å². The van der Waals surface area contributed by atoms with Crippen molar-refractivity contribution in [2.24, 2.45) is 4.99 Å². The summed E-state index contributed by atoms with van der Waals surface area (Å²) in [6.07, 6.45) is 1.34. The molecule has 0 fully saturated rings. The van der Waals surface area contributed by atoms with E-state index in [2.05, 4.69) is 9.82 Å². The molecule has 4 rings (SSSR count). The van der Waals surface area contributed by atoms with E-state index in [0.717, 1.165) is 18.2 Å². The van der Waals surface area contributed by atoms with Crippen LogP contribution in [0.15, 0.2) is 88.4 Å². The SMILES string of the molecule is O=C(O)c1cc(S(=O)(=O)NN2C(=O)/C(=C/c3ccc([N+](=O)[O-])cc3)N=C2c2ccccc2)ccc1O. The van der Waals surface area contributed by atoms with E-state index >= 15 is 0 Å². The van der Waals surface area contributed by atoms with Crippen LogP contribution in [0, 0.1) is 10.1 Å². The fourth-order valence-corrected chi connectivity index (χ4v) is 4.29. The number of carboxylic acids is 1. The maximum absolute atomic E-state index is 13.2. The van der Waals surface area contributed by atoms with E-state index in [1.54, 1.807) is 30.3 Å². The molecule has 0 atom stereocenters. The maximum atomic E-state index is 13.2. The van der Waals surface area contributed by atoms with Crippen LogP contribution in [0.3, 0.4) is 0 Å². The normalized spacial score (nSPS) is 14.7. The Morgan fingerprint density at radius 2 is 1.72 bits per heavy atom. The molecule has 3 aromatic rings. The molecule has 0 bridgehead atoms. The van der Waals surface area contributed by atoms with Crippen LogP contribution >= 0.6 is 0 Å². The van der Waals surface area contributed by atoms with Crippen LogP contribution in [0.1, 0.15) is 21.5 Å². The van der Waals surface area contributed by atoms with E-state index in [0.29, 0.717) is 16.1 Å². The summed E-state index contributed by atoms with van der Waals surface area (Å²) in [5.74, 6) is -3.05. The van der Waals surface area contributed by atoms with E-state index < -0.39 is 43.0 Å². The largest absolute Gasteiger partial charge is 0.507 e. The zero-order valence-electron chi connectivity index (χ0n) is 18.1.